The van der Waals surface area contributed by atoms with Crippen molar-refractivity contribution in [3.63, 3.8) is 0 Å². The van der Waals surface area contributed by atoms with Crippen molar-refractivity contribution in [2.45, 2.75) is 38.4 Å². The number of aliphatic hydroxyl groups excluding tert-OH is 1. The number of allylic oxidation sites excluding steroid dienone is 1. The summed E-state index contributed by atoms with van der Waals surface area (Å²) in [5, 5.41) is 12.0. The first kappa shape index (κ1) is 18.2. The molecule has 2 saturated heterocycles. The zero-order valence-corrected chi connectivity index (χ0v) is 16.9. The minimum Gasteiger partial charge on any atom is -0.511 e. The number of carbonyl (C=O) groups is 1. The van der Waals surface area contributed by atoms with Gasteiger partial charge in [-0.15, -0.1) is 0 Å². The molecule has 2 aromatic carbocycles. The molecule has 144 valence electrons. The molecular formula is C23H20Cl2O3. The highest BCUT2D eigenvalue weighted by atomic mass is 35.5. The summed E-state index contributed by atoms with van der Waals surface area (Å²) in [4.78, 5) is 13.3. The Morgan fingerprint density at radius 3 is 2.36 bits per heavy atom. The maximum absolute atomic E-state index is 13.3. The van der Waals surface area contributed by atoms with Gasteiger partial charge in [-0.05, 0) is 59.7 Å². The Morgan fingerprint density at radius 1 is 1.00 bits per heavy atom. The molecule has 2 fully saturated rings. The summed E-state index contributed by atoms with van der Waals surface area (Å²) in [7, 11) is 0. The molecule has 0 amide bonds. The quantitative estimate of drug-likeness (QED) is 0.682. The summed E-state index contributed by atoms with van der Waals surface area (Å²) >= 11 is 12.2. The lowest BCUT2D eigenvalue weighted by Crippen LogP contribution is -2.29. The van der Waals surface area contributed by atoms with Gasteiger partial charge in [-0.3, -0.25) is 4.79 Å². The van der Waals surface area contributed by atoms with E-state index >= 15 is 0 Å². The molecule has 0 spiro atoms. The average Bonchev–Trinajstić information content (AvgIpc) is 3.37. The number of aliphatic hydroxyl groups is 1. The van der Waals surface area contributed by atoms with Crippen LogP contribution in [-0.4, -0.2) is 23.1 Å². The van der Waals surface area contributed by atoms with Gasteiger partial charge in [-0.25, -0.2) is 0 Å². The molecule has 2 unspecified atom stereocenters. The van der Waals surface area contributed by atoms with Crippen molar-refractivity contribution >= 4 is 34.6 Å². The van der Waals surface area contributed by atoms with Gasteiger partial charge in [0.25, 0.3) is 0 Å². The third-order valence-corrected chi connectivity index (χ3v) is 7.15. The third kappa shape index (κ3) is 2.57. The Kier molecular flexibility index (Phi) is 4.31. The highest BCUT2D eigenvalue weighted by Gasteiger charge is 2.59. The number of Topliss-reactive ketones (excluding diaryl/α,β-unsaturated/α-hetero) is 1. The molecule has 5 rings (SSSR count). The topological polar surface area (TPSA) is 46.5 Å². The Labute approximate surface area is 173 Å². The van der Waals surface area contributed by atoms with Crippen LogP contribution in [0.5, 0.6) is 0 Å². The van der Waals surface area contributed by atoms with Crippen molar-refractivity contribution in [1.82, 2.24) is 0 Å². The van der Waals surface area contributed by atoms with Crippen LogP contribution in [0.3, 0.4) is 0 Å². The molecule has 1 aliphatic carbocycles. The molecule has 28 heavy (non-hydrogen) atoms. The van der Waals surface area contributed by atoms with Gasteiger partial charge in [-0.2, -0.15) is 0 Å². The smallest absolute Gasteiger partial charge is 0.173 e. The van der Waals surface area contributed by atoms with Crippen LogP contribution in [0.15, 0.2) is 42.2 Å². The van der Waals surface area contributed by atoms with E-state index in [9.17, 15) is 9.90 Å². The number of halogens is 2. The Morgan fingerprint density at radius 2 is 1.68 bits per heavy atom. The van der Waals surface area contributed by atoms with Gasteiger partial charge in [0.15, 0.2) is 5.78 Å². The Hall–Kier alpha value is -1.81. The molecule has 1 N–H and O–H groups in total. The van der Waals surface area contributed by atoms with Crippen LogP contribution in [0, 0.1) is 11.8 Å². The number of hydrogen-bond donors (Lipinski definition) is 1. The molecule has 3 nitrogen and oxygen atoms in total. The molecule has 2 bridgehead atoms. The molecule has 2 aromatic rings. The summed E-state index contributed by atoms with van der Waals surface area (Å²) in [5.41, 5.74) is 4.21. The second kappa shape index (κ2) is 6.62. The van der Waals surface area contributed by atoms with Crippen molar-refractivity contribution in [2.75, 3.05) is 0 Å². The normalized spacial score (nSPS) is 28.3. The molecule has 2 aliphatic heterocycles. The van der Waals surface area contributed by atoms with E-state index < -0.39 is 0 Å². The van der Waals surface area contributed by atoms with Gasteiger partial charge < -0.3 is 9.84 Å². The number of benzene rings is 2. The highest BCUT2D eigenvalue weighted by molar-refractivity contribution is 6.42. The van der Waals surface area contributed by atoms with Crippen molar-refractivity contribution < 1.29 is 14.6 Å². The van der Waals surface area contributed by atoms with Crippen LogP contribution in [0.1, 0.15) is 30.9 Å². The minimum atomic E-state index is -0.230. The zero-order chi connectivity index (χ0) is 19.6. The zero-order valence-electron chi connectivity index (χ0n) is 15.4. The van der Waals surface area contributed by atoms with Crippen LogP contribution in [0.25, 0.3) is 16.7 Å². The lowest BCUT2D eigenvalue weighted by atomic mass is 9.80. The highest BCUT2D eigenvalue weighted by Crippen LogP contribution is 2.54. The second-order valence-electron chi connectivity index (χ2n) is 7.82. The first-order valence-corrected chi connectivity index (χ1v) is 10.5. The predicted octanol–water partition coefficient (Wildman–Crippen LogP) is 5.87. The maximum atomic E-state index is 13.3. The van der Waals surface area contributed by atoms with Crippen molar-refractivity contribution in [1.29, 1.82) is 0 Å². The summed E-state index contributed by atoms with van der Waals surface area (Å²) in [6.07, 6.45) is 2.52. The van der Waals surface area contributed by atoms with Crippen LogP contribution < -0.4 is 0 Å². The lowest BCUT2D eigenvalue weighted by Gasteiger charge is -2.19. The first-order chi connectivity index (χ1) is 13.5. The van der Waals surface area contributed by atoms with E-state index in [1.165, 1.54) is 0 Å². The molecular weight excluding hydrogens is 395 g/mol. The second-order valence-corrected chi connectivity index (χ2v) is 8.64. The molecule has 0 radical (unpaired) electrons. The molecule has 0 aromatic heterocycles. The van der Waals surface area contributed by atoms with E-state index in [1.807, 2.05) is 30.3 Å². The summed E-state index contributed by atoms with van der Waals surface area (Å²) in [6.45, 7) is 2.06. The number of carbonyl (C=O) groups excluding carboxylic acids is 1. The first-order valence-electron chi connectivity index (χ1n) is 9.71. The van der Waals surface area contributed by atoms with E-state index in [4.69, 9.17) is 27.9 Å². The Bertz CT molecular complexity index is 1030. The predicted molar refractivity (Wildman–Crippen MR) is 111 cm³/mol. The van der Waals surface area contributed by atoms with Crippen molar-refractivity contribution in [2.24, 2.45) is 11.8 Å². The summed E-state index contributed by atoms with van der Waals surface area (Å²) in [5.74, 6) is -0.175. The number of hydrogen-bond acceptors (Lipinski definition) is 3. The molecule has 3 aliphatic rings. The van der Waals surface area contributed by atoms with Gasteiger partial charge in [0.2, 0.25) is 0 Å². The van der Waals surface area contributed by atoms with E-state index in [0.29, 0.717) is 15.6 Å². The molecule has 4 atom stereocenters. The lowest BCUT2D eigenvalue weighted by molar-refractivity contribution is -0.118. The van der Waals surface area contributed by atoms with E-state index in [0.717, 1.165) is 41.5 Å². The third-order valence-electron chi connectivity index (χ3n) is 6.41. The van der Waals surface area contributed by atoms with E-state index in [1.54, 1.807) is 6.07 Å². The van der Waals surface area contributed by atoms with Gasteiger partial charge in [0.05, 0.1) is 39.7 Å². The maximum Gasteiger partial charge on any atom is 0.173 e. The largest absolute Gasteiger partial charge is 0.511 e. The van der Waals surface area contributed by atoms with Gasteiger partial charge in [-0.1, -0.05) is 48.3 Å². The average molecular weight is 415 g/mol. The van der Waals surface area contributed by atoms with Crippen molar-refractivity contribution in [3.05, 3.63) is 63.3 Å². The fourth-order valence-corrected chi connectivity index (χ4v) is 5.36. The summed E-state index contributed by atoms with van der Waals surface area (Å²) in [6, 6.07) is 11.5. The standard InChI is InChI=1S/C23H20Cl2O3/c1-2-11-3-4-12(13-5-6-15(24)16(25)10-13)9-14(11)19-22(26)20-17-7-8-18(28-17)21(20)23(19)27/h3-6,9-10,17-18,20-21,26H,2,7-8H2,1H3/t17?,18?,20-,21+/m1/s1. The SMILES string of the molecule is CCc1ccc(-c2ccc(Cl)c(Cl)c2)cc1C1=C(O)[C@@H]2C3CCC(O3)[C@@H]2C1=O. The van der Waals surface area contributed by atoms with E-state index in [2.05, 4.69) is 6.92 Å². The fourth-order valence-electron chi connectivity index (χ4n) is 5.06. The number of aryl methyl sites for hydroxylation is 1. The van der Waals surface area contributed by atoms with Crippen LogP contribution in [-0.2, 0) is 16.0 Å². The van der Waals surface area contributed by atoms with Crippen LogP contribution in [0.4, 0.5) is 0 Å². The number of ketones is 1. The fraction of sp³-hybridized carbons (Fsp3) is 0.348. The number of rotatable bonds is 3. The molecule has 0 saturated carbocycles. The van der Waals surface area contributed by atoms with Gasteiger partial charge >= 0.3 is 0 Å². The summed E-state index contributed by atoms with van der Waals surface area (Å²) < 4.78 is 5.90. The monoisotopic (exact) mass is 414 g/mol. The van der Waals surface area contributed by atoms with E-state index in [-0.39, 0.29) is 35.6 Å². The molecule has 2 heterocycles. The Balaban J connectivity index is 1.63. The van der Waals surface area contributed by atoms with Crippen molar-refractivity contribution in [3.8, 4) is 11.1 Å². The van der Waals surface area contributed by atoms with Gasteiger partial charge in [0, 0.05) is 0 Å². The van der Waals surface area contributed by atoms with Gasteiger partial charge in [0.1, 0.15) is 5.76 Å². The van der Waals surface area contributed by atoms with Crippen LogP contribution >= 0.6 is 23.2 Å². The number of ether oxygens (including phenoxy) is 1. The minimum absolute atomic E-state index is 0.0238. The number of fused-ring (bicyclic) bond motifs is 5. The molecule has 5 heteroatoms. The van der Waals surface area contributed by atoms with Crippen LogP contribution in [0.2, 0.25) is 10.0 Å².